The number of hydrogen-bond donors (Lipinski definition) is 1. The van der Waals surface area contributed by atoms with Gasteiger partial charge in [-0.1, -0.05) is 12.1 Å². The SMILES string of the molecule is CCn1ncc(Br)c1CNC(=O)c1ccc(COc2ccccc2[N+](=O)[O-])o1. The van der Waals surface area contributed by atoms with Crippen molar-refractivity contribution >= 4 is 27.5 Å². The zero-order valence-electron chi connectivity index (χ0n) is 14.9. The minimum Gasteiger partial charge on any atom is -0.479 e. The van der Waals surface area contributed by atoms with Crippen LogP contribution in [0.1, 0.15) is 28.9 Å². The molecule has 2 aromatic heterocycles. The molecule has 1 amide bonds. The highest BCUT2D eigenvalue weighted by Crippen LogP contribution is 2.26. The van der Waals surface area contributed by atoms with Gasteiger partial charge in [0.2, 0.25) is 0 Å². The Morgan fingerprint density at radius 3 is 2.89 bits per heavy atom. The molecule has 146 valence electrons. The first kappa shape index (κ1) is 19.6. The summed E-state index contributed by atoms with van der Waals surface area (Å²) in [6.07, 6.45) is 1.68. The molecule has 0 saturated carbocycles. The van der Waals surface area contributed by atoms with Gasteiger partial charge in [-0.05, 0) is 41.1 Å². The minimum absolute atomic E-state index is 0.0354. The molecule has 0 saturated heterocycles. The van der Waals surface area contributed by atoms with E-state index in [1.54, 1.807) is 29.1 Å². The molecule has 0 bridgehead atoms. The van der Waals surface area contributed by atoms with Crippen LogP contribution in [0.15, 0.2) is 51.5 Å². The molecule has 0 aliphatic heterocycles. The number of nitrogens with zero attached hydrogens (tertiary/aromatic N) is 3. The lowest BCUT2D eigenvalue weighted by atomic mass is 10.3. The quantitative estimate of drug-likeness (QED) is 0.415. The predicted molar refractivity (Wildman–Crippen MR) is 103 cm³/mol. The number of nitrogens with one attached hydrogen (secondary N) is 1. The number of nitro groups is 1. The van der Waals surface area contributed by atoms with Gasteiger partial charge in [0.1, 0.15) is 12.4 Å². The van der Waals surface area contributed by atoms with Crippen LogP contribution in [0.4, 0.5) is 5.69 Å². The highest BCUT2D eigenvalue weighted by atomic mass is 79.9. The highest BCUT2D eigenvalue weighted by Gasteiger charge is 2.16. The van der Waals surface area contributed by atoms with Crippen LogP contribution in [0.5, 0.6) is 5.75 Å². The fourth-order valence-corrected chi connectivity index (χ4v) is 2.98. The smallest absolute Gasteiger partial charge is 0.310 e. The fourth-order valence-electron chi connectivity index (χ4n) is 2.54. The summed E-state index contributed by atoms with van der Waals surface area (Å²) in [6, 6.07) is 9.18. The van der Waals surface area contributed by atoms with Crippen LogP contribution in [0.25, 0.3) is 0 Å². The monoisotopic (exact) mass is 448 g/mol. The summed E-state index contributed by atoms with van der Waals surface area (Å²) in [7, 11) is 0. The van der Waals surface area contributed by atoms with Crippen molar-refractivity contribution in [2.75, 3.05) is 0 Å². The van der Waals surface area contributed by atoms with E-state index in [2.05, 4.69) is 26.3 Å². The van der Waals surface area contributed by atoms with Gasteiger partial charge in [-0.15, -0.1) is 0 Å². The number of benzene rings is 1. The molecule has 1 aromatic carbocycles. The number of carbonyl (C=O) groups is 1. The number of amides is 1. The summed E-state index contributed by atoms with van der Waals surface area (Å²) in [5.41, 5.74) is 0.715. The van der Waals surface area contributed by atoms with Crippen LogP contribution in [0.3, 0.4) is 0 Å². The number of halogens is 1. The molecule has 1 N–H and O–H groups in total. The largest absolute Gasteiger partial charge is 0.479 e. The van der Waals surface area contributed by atoms with Crippen molar-refractivity contribution < 1.29 is 18.9 Å². The molecule has 0 spiro atoms. The van der Waals surface area contributed by atoms with E-state index in [0.29, 0.717) is 12.3 Å². The van der Waals surface area contributed by atoms with E-state index in [4.69, 9.17) is 9.15 Å². The first-order valence-electron chi connectivity index (χ1n) is 8.43. The maximum atomic E-state index is 12.3. The van der Waals surface area contributed by atoms with Gasteiger partial charge >= 0.3 is 5.69 Å². The van der Waals surface area contributed by atoms with E-state index >= 15 is 0 Å². The normalized spacial score (nSPS) is 10.6. The molecule has 0 fully saturated rings. The Morgan fingerprint density at radius 1 is 1.36 bits per heavy atom. The van der Waals surface area contributed by atoms with Crippen molar-refractivity contribution in [3.63, 3.8) is 0 Å². The zero-order valence-corrected chi connectivity index (χ0v) is 16.5. The average Bonchev–Trinajstić information content (AvgIpc) is 3.31. The Labute approximate surface area is 168 Å². The summed E-state index contributed by atoms with van der Waals surface area (Å²) in [5.74, 6) is 0.253. The summed E-state index contributed by atoms with van der Waals surface area (Å²) in [6.45, 7) is 2.90. The average molecular weight is 449 g/mol. The zero-order chi connectivity index (χ0) is 20.1. The maximum Gasteiger partial charge on any atom is 0.310 e. The fraction of sp³-hybridized carbons (Fsp3) is 0.222. The second-order valence-corrected chi connectivity index (χ2v) is 6.57. The predicted octanol–water partition coefficient (Wildman–Crippen LogP) is 3.68. The Kier molecular flexibility index (Phi) is 6.09. The Balaban J connectivity index is 1.60. The Hall–Kier alpha value is -3.14. The van der Waals surface area contributed by atoms with Gasteiger partial charge in [-0.2, -0.15) is 5.10 Å². The standard InChI is InChI=1S/C18H17BrN4O5/c1-2-22-15(13(19)9-21-22)10-20-18(24)17-8-7-12(28-17)11-27-16-6-4-3-5-14(16)23(25)26/h3-9H,2,10-11H2,1H3,(H,20,24). The van der Waals surface area contributed by atoms with Gasteiger partial charge in [0.05, 0.1) is 27.8 Å². The van der Waals surface area contributed by atoms with Crippen molar-refractivity contribution in [1.82, 2.24) is 15.1 Å². The van der Waals surface area contributed by atoms with Crippen molar-refractivity contribution in [2.45, 2.75) is 26.6 Å². The van der Waals surface area contributed by atoms with E-state index in [-0.39, 0.29) is 36.3 Å². The molecule has 0 aliphatic rings. The number of rotatable bonds is 8. The van der Waals surface area contributed by atoms with Crippen LogP contribution in [-0.4, -0.2) is 20.6 Å². The molecular weight excluding hydrogens is 432 g/mol. The van der Waals surface area contributed by atoms with Crippen molar-refractivity contribution in [2.24, 2.45) is 0 Å². The lowest BCUT2D eigenvalue weighted by Gasteiger charge is -2.07. The van der Waals surface area contributed by atoms with Gasteiger partial charge < -0.3 is 14.5 Å². The van der Waals surface area contributed by atoms with Crippen molar-refractivity contribution in [1.29, 1.82) is 0 Å². The molecule has 2 heterocycles. The van der Waals surface area contributed by atoms with Gasteiger partial charge in [-0.3, -0.25) is 19.6 Å². The van der Waals surface area contributed by atoms with Gasteiger partial charge in [-0.25, -0.2) is 0 Å². The molecular formula is C18H17BrN4O5. The molecule has 10 heteroatoms. The number of ether oxygens (including phenoxy) is 1. The van der Waals surface area contributed by atoms with Gasteiger partial charge in [0.15, 0.2) is 11.5 Å². The number of carbonyl (C=O) groups excluding carboxylic acids is 1. The lowest BCUT2D eigenvalue weighted by Crippen LogP contribution is -2.24. The first-order chi connectivity index (χ1) is 13.5. The summed E-state index contributed by atoms with van der Waals surface area (Å²) in [5, 5.41) is 18.0. The van der Waals surface area contributed by atoms with E-state index in [9.17, 15) is 14.9 Å². The number of aryl methyl sites for hydroxylation is 1. The Morgan fingerprint density at radius 2 is 2.14 bits per heavy atom. The van der Waals surface area contributed by atoms with E-state index < -0.39 is 4.92 Å². The van der Waals surface area contributed by atoms with E-state index in [1.807, 2.05) is 6.92 Å². The van der Waals surface area contributed by atoms with E-state index in [0.717, 1.165) is 10.2 Å². The van der Waals surface area contributed by atoms with Crippen LogP contribution in [-0.2, 0) is 19.7 Å². The topological polar surface area (TPSA) is 112 Å². The molecule has 0 radical (unpaired) electrons. The number of para-hydroxylation sites is 2. The van der Waals surface area contributed by atoms with Crippen molar-refractivity contribution in [3.8, 4) is 5.75 Å². The van der Waals surface area contributed by atoms with E-state index in [1.165, 1.54) is 18.2 Å². The summed E-state index contributed by atoms with van der Waals surface area (Å²) < 4.78 is 13.5. The van der Waals surface area contributed by atoms with Gasteiger partial charge in [0.25, 0.3) is 5.91 Å². The second-order valence-electron chi connectivity index (χ2n) is 5.72. The molecule has 0 unspecified atom stereocenters. The second kappa shape index (κ2) is 8.70. The molecule has 0 atom stereocenters. The summed E-state index contributed by atoms with van der Waals surface area (Å²) >= 11 is 3.40. The summed E-state index contributed by atoms with van der Waals surface area (Å²) in [4.78, 5) is 22.8. The number of nitro benzene ring substituents is 1. The van der Waals surface area contributed by atoms with Crippen LogP contribution < -0.4 is 10.1 Å². The van der Waals surface area contributed by atoms with Crippen LogP contribution >= 0.6 is 15.9 Å². The third-order valence-corrected chi connectivity index (χ3v) is 4.59. The number of aromatic nitrogens is 2. The van der Waals surface area contributed by atoms with Crippen LogP contribution in [0.2, 0.25) is 0 Å². The third-order valence-electron chi connectivity index (χ3n) is 3.93. The maximum absolute atomic E-state index is 12.3. The third kappa shape index (κ3) is 4.39. The molecule has 3 aromatic rings. The molecule has 9 nitrogen and oxygen atoms in total. The first-order valence-corrected chi connectivity index (χ1v) is 9.22. The number of furan rings is 1. The Bertz CT molecular complexity index is 998. The minimum atomic E-state index is -0.518. The molecule has 3 rings (SSSR count). The van der Waals surface area contributed by atoms with Crippen molar-refractivity contribution in [3.05, 3.63) is 74.4 Å². The molecule has 28 heavy (non-hydrogen) atoms. The highest BCUT2D eigenvalue weighted by molar-refractivity contribution is 9.10. The van der Waals surface area contributed by atoms with Crippen LogP contribution in [0, 0.1) is 10.1 Å². The molecule has 0 aliphatic carbocycles. The number of hydrogen-bond acceptors (Lipinski definition) is 6. The van der Waals surface area contributed by atoms with Gasteiger partial charge in [0, 0.05) is 12.6 Å². The lowest BCUT2D eigenvalue weighted by molar-refractivity contribution is -0.386.